The standard InChI is InChI=1S/C16H12IN3O2/c17-14-5-7-15(8-6-14)22-11-16(21)20-19-10-13-3-1-12(9-18)2-4-13/h1-8,10H,11H2,(H,20,21)/b19-10+. The van der Waals surface area contributed by atoms with E-state index in [1.165, 1.54) is 6.21 Å². The SMILES string of the molecule is N#Cc1ccc(/C=N/NC(=O)COc2ccc(I)cc2)cc1. The summed E-state index contributed by atoms with van der Waals surface area (Å²) in [6.45, 7) is -0.106. The smallest absolute Gasteiger partial charge is 0.277 e. The number of benzene rings is 2. The number of hydrazone groups is 1. The molecule has 0 saturated carbocycles. The maximum Gasteiger partial charge on any atom is 0.277 e. The molecular formula is C16H12IN3O2. The molecule has 5 nitrogen and oxygen atoms in total. The van der Waals surface area contributed by atoms with E-state index in [1.807, 2.05) is 18.2 Å². The van der Waals surface area contributed by atoms with Gasteiger partial charge in [0.2, 0.25) is 0 Å². The highest BCUT2D eigenvalue weighted by molar-refractivity contribution is 14.1. The van der Waals surface area contributed by atoms with E-state index >= 15 is 0 Å². The van der Waals surface area contributed by atoms with Crippen molar-refractivity contribution in [1.82, 2.24) is 5.43 Å². The second-order valence-corrected chi connectivity index (χ2v) is 5.52. The average Bonchev–Trinajstić information content (AvgIpc) is 2.55. The predicted octanol–water partition coefficient (Wildman–Crippen LogP) is 2.69. The molecule has 0 aliphatic rings. The Labute approximate surface area is 141 Å². The van der Waals surface area contributed by atoms with Gasteiger partial charge in [-0.25, -0.2) is 5.43 Å². The van der Waals surface area contributed by atoms with Gasteiger partial charge < -0.3 is 4.74 Å². The summed E-state index contributed by atoms with van der Waals surface area (Å²) in [4.78, 5) is 11.6. The number of nitrogens with one attached hydrogen (secondary N) is 1. The summed E-state index contributed by atoms with van der Waals surface area (Å²) in [7, 11) is 0. The van der Waals surface area contributed by atoms with Gasteiger partial charge in [-0.2, -0.15) is 10.4 Å². The summed E-state index contributed by atoms with van der Waals surface area (Å²) in [5, 5.41) is 12.5. The lowest BCUT2D eigenvalue weighted by molar-refractivity contribution is -0.123. The highest BCUT2D eigenvalue weighted by Crippen LogP contribution is 2.13. The molecule has 6 heteroatoms. The van der Waals surface area contributed by atoms with Crippen molar-refractivity contribution in [3.63, 3.8) is 0 Å². The molecule has 2 aromatic rings. The first kappa shape index (κ1) is 16.0. The Morgan fingerprint density at radius 1 is 1.23 bits per heavy atom. The van der Waals surface area contributed by atoms with E-state index in [0.717, 1.165) is 9.13 Å². The van der Waals surface area contributed by atoms with Crippen LogP contribution in [0.15, 0.2) is 53.6 Å². The summed E-state index contributed by atoms with van der Waals surface area (Å²) in [6, 6.07) is 16.3. The number of nitriles is 1. The number of rotatable bonds is 5. The molecule has 0 saturated heterocycles. The highest BCUT2D eigenvalue weighted by atomic mass is 127. The number of nitrogens with zero attached hydrogens (tertiary/aromatic N) is 2. The van der Waals surface area contributed by atoms with E-state index in [4.69, 9.17) is 10.00 Å². The van der Waals surface area contributed by atoms with Gasteiger partial charge in [0.05, 0.1) is 17.8 Å². The molecule has 0 spiro atoms. The number of halogens is 1. The zero-order valence-corrected chi connectivity index (χ0v) is 13.6. The van der Waals surface area contributed by atoms with Crippen molar-refractivity contribution in [2.75, 3.05) is 6.61 Å². The van der Waals surface area contributed by atoms with Crippen molar-refractivity contribution in [3.05, 3.63) is 63.2 Å². The second-order valence-electron chi connectivity index (χ2n) is 4.27. The van der Waals surface area contributed by atoms with Gasteiger partial charge in [-0.1, -0.05) is 12.1 Å². The van der Waals surface area contributed by atoms with Gasteiger partial charge in [0.15, 0.2) is 6.61 Å². The minimum Gasteiger partial charge on any atom is -0.484 e. The van der Waals surface area contributed by atoms with Crippen LogP contribution in [0.4, 0.5) is 0 Å². The number of carbonyl (C=O) groups excluding carboxylic acids is 1. The van der Waals surface area contributed by atoms with Crippen molar-refractivity contribution >= 4 is 34.7 Å². The van der Waals surface area contributed by atoms with Gasteiger partial charge in [-0.15, -0.1) is 0 Å². The van der Waals surface area contributed by atoms with E-state index in [0.29, 0.717) is 11.3 Å². The number of ether oxygens (including phenoxy) is 1. The van der Waals surface area contributed by atoms with Crippen molar-refractivity contribution in [2.45, 2.75) is 0 Å². The number of carbonyl (C=O) groups is 1. The fourth-order valence-electron chi connectivity index (χ4n) is 1.53. The van der Waals surface area contributed by atoms with E-state index < -0.39 is 0 Å². The molecule has 0 atom stereocenters. The Morgan fingerprint density at radius 3 is 2.55 bits per heavy atom. The Balaban J connectivity index is 1.78. The molecule has 0 bridgehead atoms. The Morgan fingerprint density at radius 2 is 1.91 bits per heavy atom. The Hall–Kier alpha value is -2.40. The van der Waals surface area contributed by atoms with E-state index in [2.05, 4.69) is 33.1 Å². The largest absolute Gasteiger partial charge is 0.484 e. The average molecular weight is 405 g/mol. The van der Waals surface area contributed by atoms with E-state index in [-0.39, 0.29) is 12.5 Å². The topological polar surface area (TPSA) is 74.5 Å². The van der Waals surface area contributed by atoms with E-state index in [9.17, 15) is 4.79 Å². The third-order valence-electron chi connectivity index (χ3n) is 2.63. The predicted molar refractivity (Wildman–Crippen MR) is 91.5 cm³/mol. The molecular weight excluding hydrogens is 393 g/mol. The van der Waals surface area contributed by atoms with Crippen LogP contribution in [-0.2, 0) is 4.79 Å². The quantitative estimate of drug-likeness (QED) is 0.472. The summed E-state index contributed by atoms with van der Waals surface area (Å²) >= 11 is 2.19. The summed E-state index contributed by atoms with van der Waals surface area (Å²) in [5.41, 5.74) is 3.75. The monoisotopic (exact) mass is 405 g/mol. The highest BCUT2D eigenvalue weighted by Gasteiger charge is 2.01. The fraction of sp³-hybridized carbons (Fsp3) is 0.0625. The van der Waals surface area contributed by atoms with Crippen LogP contribution in [0, 0.1) is 14.9 Å². The fourth-order valence-corrected chi connectivity index (χ4v) is 1.89. The summed E-state index contributed by atoms with van der Waals surface area (Å²) < 4.78 is 6.43. The van der Waals surface area contributed by atoms with Crippen LogP contribution in [0.2, 0.25) is 0 Å². The lowest BCUT2D eigenvalue weighted by Crippen LogP contribution is -2.24. The van der Waals surface area contributed by atoms with Gasteiger partial charge in [0, 0.05) is 3.57 Å². The molecule has 2 rings (SSSR count). The van der Waals surface area contributed by atoms with Crippen molar-refractivity contribution in [3.8, 4) is 11.8 Å². The second kappa shape index (κ2) is 8.14. The number of amides is 1. The lowest BCUT2D eigenvalue weighted by Gasteiger charge is -2.04. The molecule has 1 N–H and O–H groups in total. The van der Waals surface area contributed by atoms with Crippen molar-refractivity contribution in [2.24, 2.45) is 5.10 Å². The first-order chi connectivity index (χ1) is 10.7. The van der Waals surface area contributed by atoms with Gasteiger partial charge in [-0.05, 0) is 64.6 Å². The summed E-state index contributed by atoms with van der Waals surface area (Å²) in [6.07, 6.45) is 1.50. The first-order valence-corrected chi connectivity index (χ1v) is 7.46. The molecule has 22 heavy (non-hydrogen) atoms. The molecule has 1 amide bonds. The zero-order valence-electron chi connectivity index (χ0n) is 11.5. The normalized spacial score (nSPS) is 10.2. The third-order valence-corrected chi connectivity index (χ3v) is 3.35. The molecule has 0 unspecified atom stereocenters. The van der Waals surface area contributed by atoms with Crippen LogP contribution in [0.25, 0.3) is 0 Å². The molecule has 110 valence electrons. The van der Waals surface area contributed by atoms with Crippen LogP contribution < -0.4 is 10.2 Å². The third kappa shape index (κ3) is 5.18. The number of hydrogen-bond donors (Lipinski definition) is 1. The minimum atomic E-state index is -0.344. The van der Waals surface area contributed by atoms with Gasteiger partial charge >= 0.3 is 0 Å². The van der Waals surface area contributed by atoms with E-state index in [1.54, 1.807) is 36.4 Å². The molecule has 2 aromatic carbocycles. The van der Waals surface area contributed by atoms with Crippen LogP contribution in [0.5, 0.6) is 5.75 Å². The van der Waals surface area contributed by atoms with Gasteiger partial charge in [-0.3, -0.25) is 4.79 Å². The zero-order chi connectivity index (χ0) is 15.8. The molecule has 0 aromatic heterocycles. The van der Waals surface area contributed by atoms with Gasteiger partial charge in [0.1, 0.15) is 5.75 Å². The Bertz CT molecular complexity index is 704. The summed E-state index contributed by atoms with van der Waals surface area (Å²) in [5.74, 6) is 0.287. The molecule has 0 heterocycles. The maximum absolute atomic E-state index is 11.6. The van der Waals surface area contributed by atoms with Crippen LogP contribution in [0.1, 0.15) is 11.1 Å². The molecule has 0 aliphatic carbocycles. The maximum atomic E-state index is 11.6. The lowest BCUT2D eigenvalue weighted by atomic mass is 10.2. The van der Waals surface area contributed by atoms with Crippen LogP contribution >= 0.6 is 22.6 Å². The van der Waals surface area contributed by atoms with Crippen molar-refractivity contribution in [1.29, 1.82) is 5.26 Å². The van der Waals surface area contributed by atoms with Crippen LogP contribution in [0.3, 0.4) is 0 Å². The molecule has 0 radical (unpaired) electrons. The molecule has 0 fully saturated rings. The molecule has 0 aliphatic heterocycles. The first-order valence-electron chi connectivity index (χ1n) is 6.38. The minimum absolute atomic E-state index is 0.106. The van der Waals surface area contributed by atoms with Crippen LogP contribution in [-0.4, -0.2) is 18.7 Å². The Kier molecular flexibility index (Phi) is 5.91. The van der Waals surface area contributed by atoms with Gasteiger partial charge in [0.25, 0.3) is 5.91 Å². The number of hydrogen-bond acceptors (Lipinski definition) is 4. The van der Waals surface area contributed by atoms with Crippen molar-refractivity contribution < 1.29 is 9.53 Å².